The van der Waals surface area contributed by atoms with E-state index < -0.39 is 10.8 Å². The standard InChI is InChI=1S/C14H23N3OS/c1-3-4-15-10-13-11-16-12(2)9-14(13)17-5-7-19(18)8-6-17/h9,11,15H,3-8,10H2,1-2H3. The lowest BCUT2D eigenvalue weighted by atomic mass is 10.1. The van der Waals surface area contributed by atoms with Gasteiger partial charge in [0.05, 0.1) is 0 Å². The van der Waals surface area contributed by atoms with Crippen molar-refractivity contribution in [3.8, 4) is 0 Å². The van der Waals surface area contributed by atoms with Crippen molar-refractivity contribution in [1.29, 1.82) is 0 Å². The van der Waals surface area contributed by atoms with Crippen molar-refractivity contribution in [2.75, 3.05) is 36.0 Å². The van der Waals surface area contributed by atoms with Crippen molar-refractivity contribution in [2.24, 2.45) is 0 Å². The summed E-state index contributed by atoms with van der Waals surface area (Å²) in [5.74, 6) is 1.56. The van der Waals surface area contributed by atoms with Crippen LogP contribution in [-0.4, -0.2) is 40.3 Å². The second-order valence-corrected chi connectivity index (χ2v) is 6.66. The summed E-state index contributed by atoms with van der Waals surface area (Å²) in [7, 11) is -0.626. The van der Waals surface area contributed by atoms with Crippen LogP contribution in [0, 0.1) is 6.92 Å². The molecule has 0 unspecified atom stereocenters. The fourth-order valence-corrected chi connectivity index (χ4v) is 3.34. The molecule has 5 heteroatoms. The van der Waals surface area contributed by atoms with Gasteiger partial charge in [-0.1, -0.05) is 6.92 Å². The molecule has 1 N–H and O–H groups in total. The van der Waals surface area contributed by atoms with E-state index in [9.17, 15) is 4.21 Å². The Kier molecular flexibility index (Phi) is 5.34. The van der Waals surface area contributed by atoms with Crippen molar-refractivity contribution in [3.05, 3.63) is 23.5 Å². The first-order valence-corrected chi connectivity index (χ1v) is 8.45. The monoisotopic (exact) mass is 281 g/mol. The quantitative estimate of drug-likeness (QED) is 0.830. The molecule has 1 aromatic rings. The number of hydrogen-bond donors (Lipinski definition) is 1. The van der Waals surface area contributed by atoms with Crippen LogP contribution in [0.3, 0.4) is 0 Å². The molecular weight excluding hydrogens is 258 g/mol. The third-order valence-electron chi connectivity index (χ3n) is 3.36. The predicted molar refractivity (Wildman–Crippen MR) is 81.1 cm³/mol. The number of nitrogens with zero attached hydrogens (tertiary/aromatic N) is 2. The molecule has 0 atom stereocenters. The summed E-state index contributed by atoms with van der Waals surface area (Å²) in [5.41, 5.74) is 3.54. The number of rotatable bonds is 5. The van der Waals surface area contributed by atoms with Gasteiger partial charge in [0, 0.05) is 65.1 Å². The van der Waals surface area contributed by atoms with Gasteiger partial charge < -0.3 is 10.2 Å². The molecule has 106 valence electrons. The van der Waals surface area contributed by atoms with Crippen LogP contribution in [-0.2, 0) is 17.3 Å². The normalized spacial score (nSPS) is 16.8. The predicted octanol–water partition coefficient (Wildman–Crippen LogP) is 1.46. The molecule has 1 aromatic heterocycles. The molecule has 1 saturated heterocycles. The van der Waals surface area contributed by atoms with E-state index in [1.807, 2.05) is 13.1 Å². The molecule has 1 fully saturated rings. The average molecular weight is 281 g/mol. The van der Waals surface area contributed by atoms with E-state index in [1.54, 1.807) is 0 Å². The van der Waals surface area contributed by atoms with Crippen molar-refractivity contribution in [3.63, 3.8) is 0 Å². The molecule has 0 amide bonds. The van der Waals surface area contributed by atoms with Gasteiger partial charge in [-0.05, 0) is 26.0 Å². The molecule has 19 heavy (non-hydrogen) atoms. The summed E-state index contributed by atoms with van der Waals surface area (Å²) < 4.78 is 11.5. The fourth-order valence-electron chi connectivity index (χ4n) is 2.28. The Morgan fingerprint density at radius 3 is 2.84 bits per heavy atom. The highest BCUT2D eigenvalue weighted by Gasteiger charge is 2.18. The van der Waals surface area contributed by atoms with Gasteiger partial charge in [-0.25, -0.2) is 0 Å². The summed E-state index contributed by atoms with van der Waals surface area (Å²) in [6, 6.07) is 2.15. The first-order chi connectivity index (χ1) is 9.20. The minimum Gasteiger partial charge on any atom is -0.369 e. The van der Waals surface area contributed by atoms with Crippen LogP contribution in [0.15, 0.2) is 12.3 Å². The zero-order valence-electron chi connectivity index (χ0n) is 11.8. The second kappa shape index (κ2) is 7.01. The largest absolute Gasteiger partial charge is 0.369 e. The Labute approximate surface area is 118 Å². The smallest absolute Gasteiger partial charge is 0.0446 e. The molecule has 1 aliphatic heterocycles. The van der Waals surface area contributed by atoms with Crippen molar-refractivity contribution < 1.29 is 4.21 Å². The van der Waals surface area contributed by atoms with Gasteiger partial charge in [0.15, 0.2) is 0 Å². The Morgan fingerprint density at radius 2 is 2.16 bits per heavy atom. The van der Waals surface area contributed by atoms with Gasteiger partial charge in [-0.2, -0.15) is 0 Å². The molecule has 4 nitrogen and oxygen atoms in total. The van der Waals surface area contributed by atoms with Gasteiger partial charge in [0.1, 0.15) is 0 Å². The van der Waals surface area contributed by atoms with Gasteiger partial charge in [0.25, 0.3) is 0 Å². The third kappa shape index (κ3) is 4.01. The summed E-state index contributed by atoms with van der Waals surface area (Å²) >= 11 is 0. The highest BCUT2D eigenvalue weighted by molar-refractivity contribution is 7.85. The third-order valence-corrected chi connectivity index (χ3v) is 4.64. The fraction of sp³-hybridized carbons (Fsp3) is 0.643. The van der Waals surface area contributed by atoms with Gasteiger partial charge in [-0.3, -0.25) is 9.19 Å². The highest BCUT2D eigenvalue weighted by atomic mass is 32.2. The van der Waals surface area contributed by atoms with Crippen molar-refractivity contribution in [1.82, 2.24) is 10.3 Å². The maximum atomic E-state index is 11.5. The Hall–Kier alpha value is -0.940. The van der Waals surface area contributed by atoms with Gasteiger partial charge in [-0.15, -0.1) is 0 Å². The summed E-state index contributed by atoms with van der Waals surface area (Å²) in [6.45, 7) is 7.84. The second-order valence-electron chi connectivity index (χ2n) is 4.97. The van der Waals surface area contributed by atoms with Gasteiger partial charge in [0.2, 0.25) is 0 Å². The van der Waals surface area contributed by atoms with E-state index in [-0.39, 0.29) is 0 Å². The van der Waals surface area contributed by atoms with Gasteiger partial charge >= 0.3 is 0 Å². The Balaban J connectivity index is 2.12. The van der Waals surface area contributed by atoms with Crippen LogP contribution in [0.2, 0.25) is 0 Å². The molecule has 0 radical (unpaired) electrons. The molecular formula is C14H23N3OS. The van der Waals surface area contributed by atoms with Crippen molar-refractivity contribution >= 4 is 16.5 Å². The first-order valence-electron chi connectivity index (χ1n) is 6.97. The molecule has 0 aliphatic carbocycles. The number of nitrogens with one attached hydrogen (secondary N) is 1. The number of aryl methyl sites for hydroxylation is 1. The maximum absolute atomic E-state index is 11.5. The molecule has 1 aliphatic rings. The van der Waals surface area contributed by atoms with Crippen LogP contribution in [0.1, 0.15) is 24.6 Å². The zero-order chi connectivity index (χ0) is 13.7. The van der Waals surface area contributed by atoms with E-state index in [4.69, 9.17) is 0 Å². The number of anilines is 1. The number of pyridine rings is 1. The Bertz CT molecular complexity index is 440. The topological polar surface area (TPSA) is 45.2 Å². The van der Waals surface area contributed by atoms with Crippen LogP contribution in [0.5, 0.6) is 0 Å². The summed E-state index contributed by atoms with van der Waals surface area (Å²) in [5, 5.41) is 3.43. The SMILES string of the molecule is CCCNCc1cnc(C)cc1N1CCS(=O)CC1. The van der Waals surface area contributed by atoms with E-state index >= 15 is 0 Å². The zero-order valence-corrected chi connectivity index (χ0v) is 12.6. The lowest BCUT2D eigenvalue weighted by Crippen LogP contribution is -2.38. The van der Waals surface area contributed by atoms with E-state index in [2.05, 4.69) is 28.2 Å². The number of aromatic nitrogens is 1. The lowest BCUT2D eigenvalue weighted by Gasteiger charge is -2.30. The number of hydrogen-bond acceptors (Lipinski definition) is 4. The minimum absolute atomic E-state index is 0.626. The highest BCUT2D eigenvalue weighted by Crippen LogP contribution is 2.22. The van der Waals surface area contributed by atoms with E-state index in [1.165, 1.54) is 11.3 Å². The molecule has 0 bridgehead atoms. The summed E-state index contributed by atoms with van der Waals surface area (Å²) in [6.07, 6.45) is 3.11. The van der Waals surface area contributed by atoms with Crippen LogP contribution < -0.4 is 10.2 Å². The molecule has 0 spiro atoms. The molecule has 2 rings (SSSR count). The van der Waals surface area contributed by atoms with Crippen LogP contribution in [0.25, 0.3) is 0 Å². The van der Waals surface area contributed by atoms with E-state index in [0.29, 0.717) is 0 Å². The molecule has 0 saturated carbocycles. The average Bonchev–Trinajstić information content (AvgIpc) is 2.41. The molecule has 0 aromatic carbocycles. The first kappa shape index (κ1) is 14.5. The molecule has 2 heterocycles. The van der Waals surface area contributed by atoms with E-state index in [0.717, 1.165) is 49.8 Å². The Morgan fingerprint density at radius 1 is 1.42 bits per heavy atom. The summed E-state index contributed by atoms with van der Waals surface area (Å²) in [4.78, 5) is 6.75. The maximum Gasteiger partial charge on any atom is 0.0446 e. The minimum atomic E-state index is -0.626. The lowest BCUT2D eigenvalue weighted by molar-refractivity contribution is 0.664. The van der Waals surface area contributed by atoms with Crippen molar-refractivity contribution in [2.45, 2.75) is 26.8 Å². The van der Waals surface area contributed by atoms with Crippen LogP contribution in [0.4, 0.5) is 5.69 Å². The van der Waals surface area contributed by atoms with Crippen LogP contribution >= 0.6 is 0 Å².